The van der Waals surface area contributed by atoms with Crippen LogP contribution in [0.3, 0.4) is 0 Å². The molecule has 0 aliphatic rings. The van der Waals surface area contributed by atoms with Gasteiger partial charge in [-0.05, 0) is 0 Å². The van der Waals surface area contributed by atoms with Crippen molar-refractivity contribution in [2.24, 2.45) is 0 Å². The second-order valence-corrected chi connectivity index (χ2v) is 2.38. The van der Waals surface area contributed by atoms with Gasteiger partial charge in [-0.2, -0.15) is 0 Å². The minimum absolute atomic E-state index is 0.141. The molecule has 5 nitrogen and oxygen atoms in total. The standard InChI is InChI=1S/C7H7N3O2/c11-7-8-2-3-10(7)5-6-1-4-12-9-6/h1-4H,5H2,(H,8,11). The van der Waals surface area contributed by atoms with Crippen molar-refractivity contribution in [3.8, 4) is 0 Å². The smallest absolute Gasteiger partial charge is 0.325 e. The van der Waals surface area contributed by atoms with Crippen molar-refractivity contribution in [2.45, 2.75) is 6.54 Å². The summed E-state index contributed by atoms with van der Waals surface area (Å²) in [5, 5.41) is 3.68. The SMILES string of the molecule is O=c1[nH]ccn1Cc1ccon1. The van der Waals surface area contributed by atoms with Gasteiger partial charge in [0.15, 0.2) is 0 Å². The molecule has 0 saturated carbocycles. The number of imidazole rings is 1. The Bertz CT molecular complexity index is 398. The number of nitrogens with one attached hydrogen (secondary N) is 1. The van der Waals surface area contributed by atoms with Gasteiger partial charge in [0.2, 0.25) is 0 Å². The van der Waals surface area contributed by atoms with Gasteiger partial charge < -0.3 is 9.51 Å². The first-order valence-corrected chi connectivity index (χ1v) is 3.49. The number of nitrogens with zero attached hydrogens (tertiary/aromatic N) is 2. The van der Waals surface area contributed by atoms with E-state index < -0.39 is 0 Å². The third kappa shape index (κ3) is 1.16. The molecule has 2 aromatic heterocycles. The van der Waals surface area contributed by atoms with E-state index in [1.54, 1.807) is 18.5 Å². The van der Waals surface area contributed by atoms with Gasteiger partial charge in [0.25, 0.3) is 0 Å². The van der Waals surface area contributed by atoms with Crippen molar-refractivity contribution in [1.29, 1.82) is 0 Å². The molecular formula is C7H7N3O2. The molecule has 0 aromatic carbocycles. The van der Waals surface area contributed by atoms with Gasteiger partial charge in [-0.25, -0.2) is 4.79 Å². The van der Waals surface area contributed by atoms with Crippen LogP contribution in [0.4, 0.5) is 0 Å². The Balaban J connectivity index is 2.25. The number of aromatic nitrogens is 3. The summed E-state index contributed by atoms with van der Waals surface area (Å²) < 4.78 is 6.14. The second-order valence-electron chi connectivity index (χ2n) is 2.38. The highest BCUT2D eigenvalue weighted by molar-refractivity contribution is 4.96. The van der Waals surface area contributed by atoms with E-state index in [2.05, 4.69) is 14.7 Å². The first-order valence-electron chi connectivity index (χ1n) is 3.49. The highest BCUT2D eigenvalue weighted by atomic mass is 16.5. The zero-order valence-corrected chi connectivity index (χ0v) is 6.23. The number of rotatable bonds is 2. The number of H-pyrrole nitrogens is 1. The second kappa shape index (κ2) is 2.69. The zero-order chi connectivity index (χ0) is 8.39. The molecule has 0 aliphatic heterocycles. The van der Waals surface area contributed by atoms with Crippen LogP contribution >= 0.6 is 0 Å². The highest BCUT2D eigenvalue weighted by Gasteiger charge is 1.99. The lowest BCUT2D eigenvalue weighted by molar-refractivity contribution is 0.409. The first-order chi connectivity index (χ1) is 5.86. The fourth-order valence-corrected chi connectivity index (χ4v) is 0.967. The van der Waals surface area contributed by atoms with E-state index in [-0.39, 0.29) is 5.69 Å². The molecule has 0 atom stereocenters. The third-order valence-electron chi connectivity index (χ3n) is 1.55. The average Bonchev–Trinajstić information content (AvgIpc) is 2.65. The Labute approximate surface area is 67.6 Å². The van der Waals surface area contributed by atoms with Crippen LogP contribution in [-0.4, -0.2) is 14.7 Å². The quantitative estimate of drug-likeness (QED) is 0.691. The molecule has 0 unspecified atom stereocenters. The fraction of sp³-hybridized carbons (Fsp3) is 0.143. The van der Waals surface area contributed by atoms with Crippen LogP contribution < -0.4 is 5.69 Å². The Kier molecular flexibility index (Phi) is 1.55. The summed E-state index contributed by atoms with van der Waals surface area (Å²) >= 11 is 0. The zero-order valence-electron chi connectivity index (χ0n) is 6.23. The number of hydrogen-bond acceptors (Lipinski definition) is 3. The Hall–Kier alpha value is -1.78. The molecular weight excluding hydrogens is 158 g/mol. The lowest BCUT2D eigenvalue weighted by Gasteiger charge is -1.93. The van der Waals surface area contributed by atoms with Crippen molar-refractivity contribution < 1.29 is 4.52 Å². The number of aromatic amines is 1. The minimum atomic E-state index is -0.141. The molecule has 0 saturated heterocycles. The predicted octanol–water partition coefficient (Wildman–Crippen LogP) is 0.213. The Morgan fingerprint density at radius 1 is 1.67 bits per heavy atom. The Morgan fingerprint density at radius 2 is 2.58 bits per heavy atom. The van der Waals surface area contributed by atoms with Crippen LogP contribution in [0.15, 0.2) is 34.0 Å². The topological polar surface area (TPSA) is 63.8 Å². The van der Waals surface area contributed by atoms with Gasteiger partial charge in [0, 0.05) is 18.5 Å². The normalized spacial score (nSPS) is 10.3. The maximum atomic E-state index is 11.0. The van der Waals surface area contributed by atoms with E-state index in [0.29, 0.717) is 6.54 Å². The lowest BCUT2D eigenvalue weighted by atomic mass is 10.4. The van der Waals surface area contributed by atoms with Crippen LogP contribution in [0.2, 0.25) is 0 Å². The van der Waals surface area contributed by atoms with Crippen molar-refractivity contribution in [3.63, 3.8) is 0 Å². The van der Waals surface area contributed by atoms with E-state index in [9.17, 15) is 4.79 Å². The summed E-state index contributed by atoms with van der Waals surface area (Å²) in [6.07, 6.45) is 4.73. The summed E-state index contributed by atoms with van der Waals surface area (Å²) in [6, 6.07) is 1.72. The van der Waals surface area contributed by atoms with Crippen LogP contribution in [0.1, 0.15) is 5.69 Å². The lowest BCUT2D eigenvalue weighted by Crippen LogP contribution is -2.16. The maximum Gasteiger partial charge on any atom is 0.325 e. The molecule has 1 N–H and O–H groups in total. The molecule has 0 amide bonds. The van der Waals surface area contributed by atoms with Crippen LogP contribution in [0, 0.1) is 0 Å². The first kappa shape index (κ1) is 6.90. The van der Waals surface area contributed by atoms with Crippen molar-refractivity contribution >= 4 is 0 Å². The Morgan fingerprint density at radius 3 is 3.17 bits per heavy atom. The van der Waals surface area contributed by atoms with Crippen molar-refractivity contribution in [3.05, 3.63) is 40.9 Å². The average molecular weight is 165 g/mol. The van der Waals surface area contributed by atoms with Gasteiger partial charge >= 0.3 is 5.69 Å². The van der Waals surface area contributed by atoms with E-state index in [0.717, 1.165) is 5.69 Å². The number of hydrogen-bond donors (Lipinski definition) is 1. The molecule has 62 valence electrons. The van der Waals surface area contributed by atoms with Gasteiger partial charge in [-0.3, -0.25) is 4.57 Å². The fourth-order valence-electron chi connectivity index (χ4n) is 0.967. The molecule has 0 fully saturated rings. The minimum Gasteiger partial charge on any atom is -0.364 e. The van der Waals surface area contributed by atoms with Gasteiger partial charge in [0.05, 0.1) is 6.54 Å². The molecule has 2 heterocycles. The summed E-state index contributed by atoms with van der Waals surface area (Å²) in [5.41, 5.74) is 0.592. The molecule has 2 aromatic rings. The maximum absolute atomic E-state index is 11.0. The van der Waals surface area contributed by atoms with E-state index in [1.165, 1.54) is 10.8 Å². The van der Waals surface area contributed by atoms with Gasteiger partial charge in [-0.15, -0.1) is 0 Å². The van der Waals surface area contributed by atoms with E-state index >= 15 is 0 Å². The molecule has 12 heavy (non-hydrogen) atoms. The monoisotopic (exact) mass is 165 g/mol. The highest BCUT2D eigenvalue weighted by Crippen LogP contribution is 1.95. The molecule has 5 heteroatoms. The van der Waals surface area contributed by atoms with Gasteiger partial charge in [-0.1, -0.05) is 5.16 Å². The molecule has 0 aliphatic carbocycles. The van der Waals surface area contributed by atoms with E-state index in [1.807, 2.05) is 0 Å². The molecule has 0 spiro atoms. The summed E-state index contributed by atoms with van der Waals surface area (Å²) in [6.45, 7) is 0.443. The third-order valence-corrected chi connectivity index (χ3v) is 1.55. The van der Waals surface area contributed by atoms with Crippen molar-refractivity contribution in [1.82, 2.24) is 14.7 Å². The van der Waals surface area contributed by atoms with Crippen molar-refractivity contribution in [2.75, 3.05) is 0 Å². The van der Waals surface area contributed by atoms with Crippen LogP contribution in [-0.2, 0) is 6.54 Å². The largest absolute Gasteiger partial charge is 0.364 e. The molecule has 0 bridgehead atoms. The van der Waals surface area contributed by atoms with E-state index in [4.69, 9.17) is 0 Å². The van der Waals surface area contributed by atoms with Gasteiger partial charge in [0.1, 0.15) is 12.0 Å². The van der Waals surface area contributed by atoms with Crippen LogP contribution in [0.25, 0.3) is 0 Å². The summed E-state index contributed by atoms with van der Waals surface area (Å²) in [7, 11) is 0. The molecule has 2 rings (SSSR count). The predicted molar refractivity (Wildman–Crippen MR) is 40.7 cm³/mol. The summed E-state index contributed by atoms with van der Waals surface area (Å²) in [4.78, 5) is 13.5. The summed E-state index contributed by atoms with van der Waals surface area (Å²) in [5.74, 6) is 0. The van der Waals surface area contributed by atoms with Crippen LogP contribution in [0.5, 0.6) is 0 Å². The molecule has 0 radical (unpaired) electrons.